The first kappa shape index (κ1) is 27.3. The second-order valence-corrected chi connectivity index (χ2v) is 8.60. The summed E-state index contributed by atoms with van der Waals surface area (Å²) >= 11 is 0. The van der Waals surface area contributed by atoms with Gasteiger partial charge >= 0.3 is 6.18 Å². The molecule has 1 aliphatic rings. The Balaban J connectivity index is 1.22. The maximum atomic E-state index is 13.1. The van der Waals surface area contributed by atoms with Crippen molar-refractivity contribution >= 4 is 35.3 Å². The molecule has 1 saturated heterocycles. The van der Waals surface area contributed by atoms with Crippen LogP contribution in [0.3, 0.4) is 0 Å². The van der Waals surface area contributed by atoms with E-state index in [4.69, 9.17) is 4.74 Å². The minimum atomic E-state index is -4.52. The molecule has 0 spiro atoms. The number of halogens is 4. The summed E-state index contributed by atoms with van der Waals surface area (Å²) in [5.41, 5.74) is 2.64. The van der Waals surface area contributed by atoms with Gasteiger partial charge in [0.1, 0.15) is 11.6 Å². The van der Waals surface area contributed by atoms with Gasteiger partial charge in [-0.2, -0.15) is 18.3 Å². The topological polar surface area (TPSA) is 100 Å². The number of rotatable bonds is 8. The van der Waals surface area contributed by atoms with E-state index in [-0.39, 0.29) is 24.6 Å². The fraction of sp³-hybridized carbons (Fsp3) is 0.185. The van der Waals surface area contributed by atoms with Crippen LogP contribution in [0.25, 0.3) is 0 Å². The second-order valence-electron chi connectivity index (χ2n) is 8.60. The molecule has 1 heterocycles. The summed E-state index contributed by atoms with van der Waals surface area (Å²) in [5.74, 6) is -2.02. The SMILES string of the molecule is O=C(COc1ccc(/C=N\NC(=O)[C@@H]2CC(=O)N(c3ccc(F)cc3)C2)cc1)Nc1cccc(C(F)(F)F)c1. The third kappa shape index (κ3) is 7.40. The molecule has 3 aromatic carbocycles. The molecule has 8 nitrogen and oxygen atoms in total. The van der Waals surface area contributed by atoms with Gasteiger partial charge in [-0.3, -0.25) is 14.4 Å². The molecule has 0 aliphatic carbocycles. The maximum absolute atomic E-state index is 13.1. The van der Waals surface area contributed by atoms with Gasteiger partial charge in [-0.05, 0) is 72.3 Å². The van der Waals surface area contributed by atoms with Crippen LogP contribution in [-0.2, 0) is 20.6 Å². The monoisotopic (exact) mass is 542 g/mol. The largest absolute Gasteiger partial charge is 0.484 e. The highest BCUT2D eigenvalue weighted by molar-refractivity contribution is 6.00. The van der Waals surface area contributed by atoms with Crippen molar-refractivity contribution in [3.63, 3.8) is 0 Å². The number of hydrogen-bond acceptors (Lipinski definition) is 5. The summed E-state index contributed by atoms with van der Waals surface area (Å²) in [5, 5.41) is 6.26. The normalized spacial score (nSPS) is 15.4. The van der Waals surface area contributed by atoms with Gasteiger partial charge in [0.2, 0.25) is 11.8 Å². The van der Waals surface area contributed by atoms with E-state index >= 15 is 0 Å². The lowest BCUT2D eigenvalue weighted by atomic mass is 10.1. The van der Waals surface area contributed by atoms with Crippen molar-refractivity contribution in [1.29, 1.82) is 0 Å². The molecular weight excluding hydrogens is 520 g/mol. The van der Waals surface area contributed by atoms with Crippen LogP contribution in [0.5, 0.6) is 5.75 Å². The van der Waals surface area contributed by atoms with Crippen molar-refractivity contribution in [2.24, 2.45) is 11.0 Å². The molecule has 0 bridgehead atoms. The highest BCUT2D eigenvalue weighted by atomic mass is 19.4. The minimum Gasteiger partial charge on any atom is -0.484 e. The lowest BCUT2D eigenvalue weighted by molar-refractivity contribution is -0.137. The Labute approximate surface area is 220 Å². The highest BCUT2D eigenvalue weighted by Crippen LogP contribution is 2.30. The molecule has 3 amide bonds. The Morgan fingerprint density at radius 1 is 1.05 bits per heavy atom. The number of nitrogens with zero attached hydrogens (tertiary/aromatic N) is 2. The fourth-order valence-electron chi connectivity index (χ4n) is 3.78. The van der Waals surface area contributed by atoms with Crippen LogP contribution >= 0.6 is 0 Å². The third-order valence-corrected chi connectivity index (χ3v) is 5.75. The molecule has 39 heavy (non-hydrogen) atoms. The third-order valence-electron chi connectivity index (χ3n) is 5.75. The van der Waals surface area contributed by atoms with E-state index < -0.39 is 41.9 Å². The molecule has 0 saturated carbocycles. The second kappa shape index (κ2) is 11.8. The van der Waals surface area contributed by atoms with Crippen LogP contribution in [0.15, 0.2) is 77.9 Å². The van der Waals surface area contributed by atoms with Gasteiger partial charge in [0.15, 0.2) is 6.61 Å². The quantitative estimate of drug-likeness (QED) is 0.251. The summed E-state index contributed by atoms with van der Waals surface area (Å²) in [6, 6.07) is 16.0. The zero-order valence-corrected chi connectivity index (χ0v) is 20.2. The van der Waals surface area contributed by atoms with E-state index in [1.54, 1.807) is 24.3 Å². The van der Waals surface area contributed by atoms with Gasteiger partial charge in [-0.1, -0.05) is 6.07 Å². The van der Waals surface area contributed by atoms with Crippen molar-refractivity contribution in [1.82, 2.24) is 5.43 Å². The smallest absolute Gasteiger partial charge is 0.416 e. The number of hydrogen-bond donors (Lipinski definition) is 2. The van der Waals surface area contributed by atoms with E-state index in [9.17, 15) is 31.9 Å². The maximum Gasteiger partial charge on any atom is 0.416 e. The Kier molecular flexibility index (Phi) is 8.23. The van der Waals surface area contributed by atoms with Gasteiger partial charge in [0.05, 0.1) is 17.7 Å². The molecule has 1 atom stereocenters. The molecule has 1 aliphatic heterocycles. The van der Waals surface area contributed by atoms with Crippen molar-refractivity contribution in [2.45, 2.75) is 12.6 Å². The van der Waals surface area contributed by atoms with Gasteiger partial charge in [-0.15, -0.1) is 0 Å². The number of ether oxygens (including phenoxy) is 1. The Morgan fingerprint density at radius 3 is 2.46 bits per heavy atom. The molecular formula is C27H22F4N4O4. The Bertz CT molecular complexity index is 1380. The van der Waals surface area contributed by atoms with Crippen molar-refractivity contribution in [2.75, 3.05) is 23.4 Å². The zero-order chi connectivity index (χ0) is 28.0. The van der Waals surface area contributed by atoms with Crippen LogP contribution in [0.4, 0.5) is 28.9 Å². The van der Waals surface area contributed by atoms with Gasteiger partial charge in [-0.25, -0.2) is 9.82 Å². The van der Waals surface area contributed by atoms with Crippen LogP contribution in [0.1, 0.15) is 17.5 Å². The molecule has 4 rings (SSSR count). The van der Waals surface area contributed by atoms with E-state index in [0.29, 0.717) is 17.0 Å². The van der Waals surface area contributed by atoms with E-state index in [1.165, 1.54) is 47.5 Å². The summed E-state index contributed by atoms with van der Waals surface area (Å²) in [6.07, 6.45) is -3.13. The van der Waals surface area contributed by atoms with Crippen LogP contribution < -0.4 is 20.4 Å². The van der Waals surface area contributed by atoms with Crippen molar-refractivity contribution in [3.05, 3.63) is 89.7 Å². The molecule has 0 unspecified atom stereocenters. The van der Waals surface area contributed by atoms with Gasteiger partial charge in [0.25, 0.3) is 5.91 Å². The van der Waals surface area contributed by atoms with Crippen LogP contribution in [0, 0.1) is 11.7 Å². The molecule has 202 valence electrons. The fourth-order valence-corrected chi connectivity index (χ4v) is 3.78. The number of benzene rings is 3. The summed E-state index contributed by atoms with van der Waals surface area (Å²) < 4.78 is 56.9. The molecule has 2 N–H and O–H groups in total. The Hall–Kier alpha value is -4.74. The number of alkyl halides is 3. The van der Waals surface area contributed by atoms with Gasteiger partial charge < -0.3 is 15.0 Å². The lowest BCUT2D eigenvalue weighted by Crippen LogP contribution is -2.30. The molecule has 3 aromatic rings. The number of hydrazone groups is 1. The first-order valence-electron chi connectivity index (χ1n) is 11.7. The highest BCUT2D eigenvalue weighted by Gasteiger charge is 2.35. The summed E-state index contributed by atoms with van der Waals surface area (Å²) in [4.78, 5) is 38.2. The predicted octanol–water partition coefficient (Wildman–Crippen LogP) is 4.37. The van der Waals surface area contributed by atoms with E-state index in [0.717, 1.165) is 12.1 Å². The summed E-state index contributed by atoms with van der Waals surface area (Å²) in [6.45, 7) is -0.270. The zero-order valence-electron chi connectivity index (χ0n) is 20.2. The minimum absolute atomic E-state index is 0.00262. The molecule has 0 radical (unpaired) electrons. The van der Waals surface area contributed by atoms with E-state index in [1.807, 2.05) is 0 Å². The average molecular weight is 542 g/mol. The first-order valence-corrected chi connectivity index (χ1v) is 11.7. The van der Waals surface area contributed by atoms with E-state index in [2.05, 4.69) is 15.8 Å². The molecule has 12 heteroatoms. The number of amides is 3. The number of carbonyl (C=O) groups is 3. The van der Waals surface area contributed by atoms with Gasteiger partial charge in [0, 0.05) is 24.3 Å². The first-order chi connectivity index (χ1) is 18.6. The Morgan fingerprint density at radius 2 is 1.77 bits per heavy atom. The molecule has 1 fully saturated rings. The van der Waals surface area contributed by atoms with Crippen molar-refractivity contribution < 1.29 is 36.7 Å². The average Bonchev–Trinajstić information content (AvgIpc) is 3.30. The summed E-state index contributed by atoms with van der Waals surface area (Å²) in [7, 11) is 0. The lowest BCUT2D eigenvalue weighted by Gasteiger charge is -2.16. The standard InChI is InChI=1S/C27H22F4N4O4/c28-20-6-8-22(9-7-20)35-15-18(12-25(35)37)26(38)34-32-14-17-4-10-23(11-5-17)39-16-24(36)33-21-3-1-2-19(13-21)27(29,30)31/h1-11,13-14,18H,12,15-16H2,(H,33,36)(H,34,38)/b32-14-/t18-/m1/s1. The predicted molar refractivity (Wildman–Crippen MR) is 135 cm³/mol. The van der Waals surface area contributed by atoms with Crippen LogP contribution in [-0.4, -0.2) is 37.1 Å². The number of nitrogens with one attached hydrogen (secondary N) is 2. The van der Waals surface area contributed by atoms with Crippen LogP contribution in [0.2, 0.25) is 0 Å². The molecule has 0 aromatic heterocycles. The number of carbonyl (C=O) groups excluding carboxylic acids is 3. The number of anilines is 2. The van der Waals surface area contributed by atoms with Crippen molar-refractivity contribution in [3.8, 4) is 5.75 Å².